The van der Waals surface area contributed by atoms with Gasteiger partial charge in [-0.2, -0.15) is 20.3 Å². The highest BCUT2D eigenvalue weighted by Gasteiger charge is 2.19. The van der Waals surface area contributed by atoms with Gasteiger partial charge in [-0.15, -0.1) is 0 Å². The van der Waals surface area contributed by atoms with Crippen molar-refractivity contribution in [2.75, 3.05) is 13.2 Å². The molecule has 0 bridgehead atoms. The molecule has 1 aliphatic rings. The lowest BCUT2D eigenvalue weighted by molar-refractivity contribution is 0.174. The van der Waals surface area contributed by atoms with Crippen LogP contribution in [0, 0.1) is 24.2 Å². The predicted octanol–water partition coefficient (Wildman–Crippen LogP) is 2.81. The second-order valence-electron chi connectivity index (χ2n) is 7.57. The van der Waals surface area contributed by atoms with Gasteiger partial charge in [0.15, 0.2) is 5.75 Å². The van der Waals surface area contributed by atoms with Gasteiger partial charge in [0, 0.05) is 24.4 Å². The molecule has 0 amide bonds. The number of nitrogens with zero attached hydrogens (tertiary/aromatic N) is 5. The van der Waals surface area contributed by atoms with E-state index in [2.05, 4.69) is 21.1 Å². The summed E-state index contributed by atoms with van der Waals surface area (Å²) in [4.78, 5) is 8.67. The Balaban J connectivity index is 1.62. The molecule has 1 aliphatic carbocycles. The minimum Gasteiger partial charge on any atom is -0.477 e. The van der Waals surface area contributed by atoms with Crippen molar-refractivity contribution in [3.63, 3.8) is 0 Å². The number of rotatable bonds is 8. The molecular weight excluding hydrogens is 396 g/mol. The highest BCUT2D eigenvalue weighted by atomic mass is 16.5. The highest BCUT2D eigenvalue weighted by Crippen LogP contribution is 2.31. The summed E-state index contributed by atoms with van der Waals surface area (Å²) >= 11 is 0. The molecule has 2 heterocycles. The van der Waals surface area contributed by atoms with Crippen molar-refractivity contribution in [3.05, 3.63) is 53.6 Å². The van der Waals surface area contributed by atoms with Crippen LogP contribution in [0.4, 0.5) is 0 Å². The van der Waals surface area contributed by atoms with Gasteiger partial charge in [0.05, 0.1) is 36.6 Å². The molecule has 1 unspecified atom stereocenters. The molecule has 0 spiro atoms. The van der Waals surface area contributed by atoms with Crippen LogP contribution in [-0.2, 0) is 0 Å². The molecule has 3 N–H and O–H groups in total. The normalized spacial score (nSPS) is 14.5. The lowest BCUT2D eigenvalue weighted by atomic mass is 9.86. The number of hydrogen-bond donors (Lipinski definition) is 2. The fourth-order valence-corrected chi connectivity index (χ4v) is 3.25. The summed E-state index contributed by atoms with van der Waals surface area (Å²) in [5.41, 5.74) is 7.13. The Labute approximate surface area is 180 Å². The maximum atomic E-state index is 9.97. The predicted molar refractivity (Wildman–Crippen MR) is 112 cm³/mol. The lowest BCUT2D eigenvalue weighted by Crippen LogP contribution is -2.19. The lowest BCUT2D eigenvalue weighted by Gasteiger charge is -2.24. The second kappa shape index (κ2) is 9.12. The Hall–Kier alpha value is -3.48. The molecule has 1 aromatic carbocycles. The zero-order valence-electron chi connectivity index (χ0n) is 17.2. The third-order valence-corrected chi connectivity index (χ3v) is 5.24. The zero-order chi connectivity index (χ0) is 21.8. The summed E-state index contributed by atoms with van der Waals surface area (Å²) in [5.74, 6) is 2.25. The van der Waals surface area contributed by atoms with E-state index in [4.69, 9.17) is 15.2 Å². The van der Waals surface area contributed by atoms with Crippen LogP contribution in [0.3, 0.4) is 0 Å². The van der Waals surface area contributed by atoms with E-state index in [-0.39, 0.29) is 6.54 Å². The van der Waals surface area contributed by atoms with E-state index < -0.39 is 6.10 Å². The molecule has 1 atom stereocenters. The van der Waals surface area contributed by atoms with Gasteiger partial charge in [-0.05, 0) is 37.8 Å². The van der Waals surface area contributed by atoms with Gasteiger partial charge >= 0.3 is 0 Å². The summed E-state index contributed by atoms with van der Waals surface area (Å²) in [6.07, 6.45) is 6.02. The molecule has 2 aromatic heterocycles. The summed E-state index contributed by atoms with van der Waals surface area (Å²) in [6, 6.07) is 8.75. The Kier molecular flexibility index (Phi) is 6.11. The molecule has 1 saturated carbocycles. The fourth-order valence-electron chi connectivity index (χ4n) is 3.25. The van der Waals surface area contributed by atoms with E-state index in [9.17, 15) is 10.4 Å². The third-order valence-electron chi connectivity index (χ3n) is 5.24. The SMILES string of the molecule is Cc1nc(OCC2CCC2)cc(Oc2cc(C#N)ccc2-n2cc(C(O)CN)cn2)n1. The summed E-state index contributed by atoms with van der Waals surface area (Å²) in [5, 5.41) is 23.6. The van der Waals surface area contributed by atoms with E-state index in [1.807, 2.05) is 0 Å². The Bertz CT molecular complexity index is 1100. The standard InChI is InChI=1S/C22H24N6O3/c1-14-26-21(30-13-15-3-2-4-15)8-22(27-14)31-20-7-16(9-23)5-6-18(20)28-12-17(11-25-28)19(29)10-24/h5-8,11-12,15,19,29H,2-4,10,13,24H2,1H3. The van der Waals surface area contributed by atoms with Gasteiger partial charge in [0.2, 0.25) is 11.8 Å². The second-order valence-corrected chi connectivity index (χ2v) is 7.57. The molecule has 1 fully saturated rings. The number of hydrogen-bond acceptors (Lipinski definition) is 8. The van der Waals surface area contributed by atoms with Crippen molar-refractivity contribution in [1.82, 2.24) is 19.7 Å². The Morgan fingerprint density at radius 3 is 2.81 bits per heavy atom. The van der Waals surface area contributed by atoms with Crippen molar-refractivity contribution in [1.29, 1.82) is 5.26 Å². The molecule has 3 aromatic rings. The van der Waals surface area contributed by atoms with E-state index >= 15 is 0 Å². The number of nitriles is 1. The summed E-state index contributed by atoms with van der Waals surface area (Å²) in [6.45, 7) is 2.49. The fraction of sp³-hybridized carbons (Fsp3) is 0.364. The van der Waals surface area contributed by atoms with Crippen molar-refractivity contribution >= 4 is 0 Å². The topological polar surface area (TPSA) is 132 Å². The molecule has 9 nitrogen and oxygen atoms in total. The summed E-state index contributed by atoms with van der Waals surface area (Å²) in [7, 11) is 0. The maximum absolute atomic E-state index is 9.97. The van der Waals surface area contributed by atoms with Crippen LogP contribution in [0.2, 0.25) is 0 Å². The minimum atomic E-state index is -0.809. The van der Waals surface area contributed by atoms with Crippen LogP contribution in [0.1, 0.15) is 42.3 Å². The van der Waals surface area contributed by atoms with Gasteiger partial charge < -0.3 is 20.3 Å². The smallest absolute Gasteiger partial charge is 0.226 e. The first-order valence-corrected chi connectivity index (χ1v) is 10.2. The number of nitrogens with two attached hydrogens (primary N) is 1. The summed E-state index contributed by atoms with van der Waals surface area (Å²) < 4.78 is 13.4. The number of aromatic nitrogens is 4. The van der Waals surface area contributed by atoms with Gasteiger partial charge in [-0.1, -0.05) is 6.42 Å². The van der Waals surface area contributed by atoms with Crippen LogP contribution >= 0.6 is 0 Å². The Morgan fingerprint density at radius 1 is 1.29 bits per heavy atom. The number of aliphatic hydroxyl groups excluding tert-OH is 1. The van der Waals surface area contributed by atoms with Crippen LogP contribution < -0.4 is 15.2 Å². The largest absolute Gasteiger partial charge is 0.477 e. The first kappa shape index (κ1) is 20.8. The van der Waals surface area contributed by atoms with Crippen molar-refractivity contribution in [3.8, 4) is 29.3 Å². The number of ether oxygens (including phenoxy) is 2. The highest BCUT2D eigenvalue weighted by molar-refractivity contribution is 5.52. The van der Waals surface area contributed by atoms with E-state index in [0.717, 1.165) is 0 Å². The van der Waals surface area contributed by atoms with Gasteiger partial charge in [-0.25, -0.2) is 4.68 Å². The van der Waals surface area contributed by atoms with Crippen LogP contribution in [0.25, 0.3) is 5.69 Å². The van der Waals surface area contributed by atoms with Gasteiger partial charge in [-0.3, -0.25) is 0 Å². The van der Waals surface area contributed by atoms with Crippen molar-refractivity contribution in [2.24, 2.45) is 11.7 Å². The van der Waals surface area contributed by atoms with Crippen molar-refractivity contribution < 1.29 is 14.6 Å². The molecule has 0 radical (unpaired) electrons. The van der Waals surface area contributed by atoms with Gasteiger partial charge in [0.25, 0.3) is 0 Å². The molecule has 160 valence electrons. The van der Waals surface area contributed by atoms with E-state index in [0.29, 0.717) is 52.7 Å². The number of aryl methyl sites for hydroxylation is 1. The molecule has 0 saturated heterocycles. The first-order chi connectivity index (χ1) is 15.1. The van der Waals surface area contributed by atoms with Crippen LogP contribution in [-0.4, -0.2) is 38.0 Å². The molecule has 4 rings (SSSR count). The van der Waals surface area contributed by atoms with E-state index in [1.54, 1.807) is 48.3 Å². The van der Waals surface area contributed by atoms with Crippen LogP contribution in [0.5, 0.6) is 17.5 Å². The van der Waals surface area contributed by atoms with Crippen LogP contribution in [0.15, 0.2) is 36.7 Å². The third kappa shape index (κ3) is 4.82. The average molecular weight is 420 g/mol. The zero-order valence-corrected chi connectivity index (χ0v) is 17.2. The number of aliphatic hydroxyl groups is 1. The first-order valence-electron chi connectivity index (χ1n) is 10.2. The molecule has 0 aliphatic heterocycles. The monoisotopic (exact) mass is 420 g/mol. The van der Waals surface area contributed by atoms with Gasteiger partial charge in [0.1, 0.15) is 11.5 Å². The average Bonchev–Trinajstić information content (AvgIpc) is 3.21. The molecule has 31 heavy (non-hydrogen) atoms. The quantitative estimate of drug-likeness (QED) is 0.568. The molecule has 9 heteroatoms. The minimum absolute atomic E-state index is 0.0896. The Morgan fingerprint density at radius 2 is 2.10 bits per heavy atom. The maximum Gasteiger partial charge on any atom is 0.226 e. The van der Waals surface area contributed by atoms with Crippen molar-refractivity contribution in [2.45, 2.75) is 32.3 Å². The molecular formula is C22H24N6O3. The van der Waals surface area contributed by atoms with E-state index in [1.165, 1.54) is 19.3 Å². The number of benzene rings is 1.